The van der Waals surface area contributed by atoms with Crippen LogP contribution in [0.1, 0.15) is 42.3 Å². The molecule has 1 aliphatic rings. The van der Waals surface area contributed by atoms with E-state index in [1.807, 2.05) is 30.3 Å². The van der Waals surface area contributed by atoms with Gasteiger partial charge in [-0.1, -0.05) is 24.3 Å². The van der Waals surface area contributed by atoms with Crippen molar-refractivity contribution >= 4 is 17.6 Å². The smallest absolute Gasteiger partial charge is 0.338 e. The van der Waals surface area contributed by atoms with Crippen LogP contribution in [-0.2, 0) is 22.5 Å². The molecule has 0 aromatic heterocycles. The fourth-order valence-electron chi connectivity index (χ4n) is 3.62. The van der Waals surface area contributed by atoms with Crippen molar-refractivity contribution < 1.29 is 14.3 Å². The number of ether oxygens (including phenoxy) is 1. The van der Waals surface area contributed by atoms with Crippen molar-refractivity contribution in [1.29, 1.82) is 0 Å². The van der Waals surface area contributed by atoms with E-state index in [1.165, 1.54) is 5.56 Å². The van der Waals surface area contributed by atoms with Crippen molar-refractivity contribution in [1.82, 2.24) is 4.90 Å². The molecule has 1 heterocycles. The summed E-state index contributed by atoms with van der Waals surface area (Å²) in [5, 5.41) is 0. The molecule has 0 saturated heterocycles. The van der Waals surface area contributed by atoms with Crippen LogP contribution in [0, 0.1) is 0 Å². The van der Waals surface area contributed by atoms with E-state index >= 15 is 0 Å². The van der Waals surface area contributed by atoms with Crippen molar-refractivity contribution in [3.8, 4) is 0 Å². The van der Waals surface area contributed by atoms with Gasteiger partial charge in [-0.05, 0) is 62.6 Å². The van der Waals surface area contributed by atoms with E-state index in [-0.39, 0.29) is 5.91 Å². The number of hydrogen-bond donors (Lipinski definition) is 0. The molecule has 1 atom stereocenters. The first-order valence-electron chi connectivity index (χ1n) is 9.95. The fraction of sp³-hybridized carbons (Fsp3) is 0.391. The van der Waals surface area contributed by atoms with Crippen LogP contribution >= 0.6 is 0 Å². The van der Waals surface area contributed by atoms with Crippen LogP contribution in [0.4, 0.5) is 5.69 Å². The number of carbonyl (C=O) groups is 2. The van der Waals surface area contributed by atoms with E-state index in [0.29, 0.717) is 18.7 Å². The van der Waals surface area contributed by atoms with Crippen LogP contribution in [0.3, 0.4) is 0 Å². The molecule has 1 amide bonds. The van der Waals surface area contributed by atoms with Gasteiger partial charge in [0.1, 0.15) is 0 Å². The molecule has 0 fully saturated rings. The number of esters is 1. The topological polar surface area (TPSA) is 49.9 Å². The normalized spacial score (nSPS) is 14.2. The van der Waals surface area contributed by atoms with E-state index in [9.17, 15) is 9.59 Å². The molecular weight excluding hydrogens is 352 g/mol. The third kappa shape index (κ3) is 4.35. The fourth-order valence-corrected chi connectivity index (χ4v) is 3.62. The van der Waals surface area contributed by atoms with Crippen LogP contribution in [0.2, 0.25) is 0 Å². The van der Waals surface area contributed by atoms with Gasteiger partial charge in [-0.15, -0.1) is 0 Å². The summed E-state index contributed by atoms with van der Waals surface area (Å²) in [5.74, 6) is -0.619. The second-order valence-electron chi connectivity index (χ2n) is 7.05. The number of amides is 1. The molecule has 3 rings (SSSR count). The lowest BCUT2D eigenvalue weighted by Gasteiger charge is -2.30. The number of rotatable bonds is 6. The Morgan fingerprint density at radius 3 is 2.32 bits per heavy atom. The van der Waals surface area contributed by atoms with Crippen LogP contribution in [0.15, 0.2) is 48.5 Å². The highest BCUT2D eigenvalue weighted by Gasteiger charge is 2.27. The van der Waals surface area contributed by atoms with Crippen molar-refractivity contribution in [3.05, 3.63) is 65.2 Å². The number of benzene rings is 2. The highest BCUT2D eigenvalue weighted by molar-refractivity contribution is 5.92. The van der Waals surface area contributed by atoms with Gasteiger partial charge in [-0.3, -0.25) is 4.79 Å². The van der Waals surface area contributed by atoms with Crippen molar-refractivity contribution in [2.45, 2.75) is 39.8 Å². The zero-order valence-corrected chi connectivity index (χ0v) is 16.9. The molecule has 2 aromatic carbocycles. The van der Waals surface area contributed by atoms with Crippen LogP contribution in [0.25, 0.3) is 0 Å². The van der Waals surface area contributed by atoms with Crippen molar-refractivity contribution in [2.75, 3.05) is 24.5 Å². The zero-order valence-electron chi connectivity index (χ0n) is 16.9. The number of anilines is 1. The molecular formula is C23H28N2O3. The van der Waals surface area contributed by atoms with Gasteiger partial charge < -0.3 is 14.5 Å². The second-order valence-corrected chi connectivity index (χ2v) is 7.05. The average Bonchev–Trinajstić information content (AvgIpc) is 2.74. The first-order valence-corrected chi connectivity index (χ1v) is 9.95. The summed E-state index contributed by atoms with van der Waals surface area (Å²) in [6, 6.07) is 15.5. The molecule has 28 heavy (non-hydrogen) atoms. The minimum absolute atomic E-state index is 0.150. The molecule has 2 aromatic rings. The van der Waals surface area contributed by atoms with Gasteiger partial charge in [-0.25, -0.2) is 4.79 Å². The summed E-state index contributed by atoms with van der Waals surface area (Å²) < 4.78 is 5.45. The zero-order chi connectivity index (χ0) is 20.1. The van der Waals surface area contributed by atoms with Gasteiger partial charge in [-0.2, -0.15) is 0 Å². The minimum atomic E-state index is -0.805. The maximum absolute atomic E-state index is 12.7. The molecule has 0 N–H and O–H groups in total. The summed E-state index contributed by atoms with van der Waals surface area (Å²) in [6.07, 6.45) is 0.0234. The van der Waals surface area contributed by atoms with Gasteiger partial charge in [0.05, 0.1) is 5.56 Å². The Labute approximate surface area is 166 Å². The molecule has 0 radical (unpaired) electrons. The predicted octanol–water partition coefficient (Wildman–Crippen LogP) is 3.66. The SMILES string of the molecule is CCN(CC)c1ccc(C(=O)O[C@@H](C)C(=O)N2CCc3ccccc3C2)cc1. The van der Waals surface area contributed by atoms with E-state index in [4.69, 9.17) is 4.74 Å². The number of nitrogens with zero attached hydrogens (tertiary/aromatic N) is 2. The number of fused-ring (bicyclic) bond motifs is 1. The molecule has 0 saturated carbocycles. The third-order valence-electron chi connectivity index (χ3n) is 5.31. The average molecular weight is 380 g/mol. The summed E-state index contributed by atoms with van der Waals surface area (Å²) >= 11 is 0. The predicted molar refractivity (Wildman–Crippen MR) is 110 cm³/mol. The quantitative estimate of drug-likeness (QED) is 0.718. The first kappa shape index (κ1) is 19.9. The molecule has 5 nitrogen and oxygen atoms in total. The van der Waals surface area contributed by atoms with Crippen LogP contribution in [0.5, 0.6) is 0 Å². The summed E-state index contributed by atoms with van der Waals surface area (Å²) in [4.78, 5) is 29.2. The van der Waals surface area contributed by atoms with Crippen LogP contribution < -0.4 is 4.90 Å². The summed E-state index contributed by atoms with van der Waals surface area (Å²) in [6.45, 7) is 8.86. The molecule has 1 aliphatic heterocycles. The molecule has 0 spiro atoms. The lowest BCUT2D eigenvalue weighted by molar-refractivity contribution is -0.140. The van der Waals surface area contributed by atoms with E-state index in [0.717, 1.165) is 30.8 Å². The van der Waals surface area contributed by atoms with Gasteiger partial charge in [0, 0.05) is 31.9 Å². The second kappa shape index (κ2) is 8.91. The molecule has 0 unspecified atom stereocenters. The number of hydrogen-bond acceptors (Lipinski definition) is 4. The Balaban J connectivity index is 1.60. The minimum Gasteiger partial charge on any atom is -0.449 e. The standard InChI is InChI=1S/C23H28N2O3/c1-4-24(5-2)21-12-10-19(11-13-21)23(27)28-17(3)22(26)25-15-14-18-8-6-7-9-20(18)16-25/h6-13,17H,4-5,14-16H2,1-3H3/t17-/m0/s1. The molecule has 0 bridgehead atoms. The maximum atomic E-state index is 12.7. The Morgan fingerprint density at radius 1 is 1.04 bits per heavy atom. The van der Waals surface area contributed by atoms with Crippen molar-refractivity contribution in [2.24, 2.45) is 0 Å². The Morgan fingerprint density at radius 2 is 1.68 bits per heavy atom. The Bertz CT molecular complexity index is 828. The van der Waals surface area contributed by atoms with Gasteiger partial charge in [0.25, 0.3) is 5.91 Å². The largest absolute Gasteiger partial charge is 0.449 e. The van der Waals surface area contributed by atoms with E-state index < -0.39 is 12.1 Å². The third-order valence-corrected chi connectivity index (χ3v) is 5.31. The van der Waals surface area contributed by atoms with Gasteiger partial charge in [0.2, 0.25) is 0 Å². The van der Waals surface area contributed by atoms with Crippen molar-refractivity contribution in [3.63, 3.8) is 0 Å². The lowest BCUT2D eigenvalue weighted by Crippen LogP contribution is -2.42. The van der Waals surface area contributed by atoms with E-state index in [2.05, 4.69) is 24.8 Å². The summed E-state index contributed by atoms with van der Waals surface area (Å²) in [7, 11) is 0. The van der Waals surface area contributed by atoms with Crippen LogP contribution in [-0.4, -0.2) is 42.5 Å². The maximum Gasteiger partial charge on any atom is 0.338 e. The Hall–Kier alpha value is -2.82. The van der Waals surface area contributed by atoms with Gasteiger partial charge >= 0.3 is 5.97 Å². The molecule has 0 aliphatic carbocycles. The van der Waals surface area contributed by atoms with Gasteiger partial charge in [0.15, 0.2) is 6.10 Å². The highest BCUT2D eigenvalue weighted by atomic mass is 16.5. The first-order chi connectivity index (χ1) is 13.5. The highest BCUT2D eigenvalue weighted by Crippen LogP contribution is 2.20. The lowest BCUT2D eigenvalue weighted by atomic mass is 9.99. The summed E-state index contributed by atoms with van der Waals surface area (Å²) in [5.41, 5.74) is 3.97. The monoisotopic (exact) mass is 380 g/mol. The molecule has 5 heteroatoms. The molecule has 148 valence electrons. The number of carbonyl (C=O) groups excluding carboxylic acids is 2. The van der Waals surface area contributed by atoms with E-state index in [1.54, 1.807) is 24.0 Å². The Kier molecular flexibility index (Phi) is 6.34.